The van der Waals surface area contributed by atoms with Crippen LogP contribution in [0, 0.1) is 0 Å². The molecule has 17 nitrogen and oxygen atoms in total. The number of rotatable bonds is 12. The van der Waals surface area contributed by atoms with Crippen molar-refractivity contribution < 1.29 is 47.8 Å². The van der Waals surface area contributed by atoms with Crippen LogP contribution in [0.1, 0.15) is 25.7 Å². The standard InChI is InChI=1S/C34H36N6O11/c1-37(2)11-12-39-32-21-15-25-26(49-18-48-25)16-23(21)36-17-22(32)19-13-24(47-4)27(14-20(19)33(39)45)50-34(46)38(3)10-9-35-28(41)5-8-31(44)51-40-29(42)6-7-30(40)43/h13-17H,5-12,18H2,1-4H3,(H,35,41). The number of amides is 4. The van der Waals surface area contributed by atoms with Crippen LogP contribution in [0.2, 0.25) is 0 Å². The molecule has 4 amide bonds. The molecular formula is C34H36N6O11. The summed E-state index contributed by atoms with van der Waals surface area (Å²) in [6.45, 7) is 1.09. The average Bonchev–Trinajstić information content (AvgIpc) is 3.70. The molecule has 0 saturated carbocycles. The van der Waals surface area contributed by atoms with Crippen LogP contribution < -0.4 is 29.8 Å². The van der Waals surface area contributed by atoms with Crippen LogP contribution in [0.3, 0.4) is 0 Å². The second-order valence-corrected chi connectivity index (χ2v) is 12.2. The van der Waals surface area contributed by atoms with E-state index in [0.717, 1.165) is 0 Å². The van der Waals surface area contributed by atoms with Gasteiger partial charge in [-0.2, -0.15) is 0 Å². The molecule has 0 aliphatic carbocycles. The minimum absolute atomic E-state index is 0.0205. The Morgan fingerprint density at radius 1 is 0.882 bits per heavy atom. The molecule has 6 rings (SSSR count). The van der Waals surface area contributed by atoms with Crippen molar-refractivity contribution >= 4 is 62.4 Å². The van der Waals surface area contributed by atoms with Gasteiger partial charge < -0.3 is 43.5 Å². The number of aromatic nitrogens is 2. The van der Waals surface area contributed by atoms with Gasteiger partial charge in [0.25, 0.3) is 17.4 Å². The summed E-state index contributed by atoms with van der Waals surface area (Å²) in [6.07, 6.45) is 0.240. The maximum absolute atomic E-state index is 14.2. The predicted molar refractivity (Wildman–Crippen MR) is 180 cm³/mol. The monoisotopic (exact) mass is 704 g/mol. The number of nitrogens with one attached hydrogen (secondary N) is 1. The zero-order chi connectivity index (χ0) is 36.4. The van der Waals surface area contributed by atoms with Crippen molar-refractivity contribution in [3.63, 3.8) is 0 Å². The van der Waals surface area contributed by atoms with Crippen molar-refractivity contribution in [2.75, 3.05) is 54.7 Å². The maximum atomic E-state index is 14.2. The van der Waals surface area contributed by atoms with Crippen LogP contribution in [0.5, 0.6) is 23.0 Å². The van der Waals surface area contributed by atoms with Gasteiger partial charge in [-0.05, 0) is 32.3 Å². The smallest absolute Gasteiger partial charge is 0.415 e. The number of pyridine rings is 2. The summed E-state index contributed by atoms with van der Waals surface area (Å²) in [5.41, 5.74) is 0.999. The molecular weight excluding hydrogens is 668 g/mol. The zero-order valence-corrected chi connectivity index (χ0v) is 28.5. The van der Waals surface area contributed by atoms with Crippen molar-refractivity contribution in [2.45, 2.75) is 32.2 Å². The molecule has 4 aromatic rings. The van der Waals surface area contributed by atoms with E-state index in [0.29, 0.717) is 62.2 Å². The first-order chi connectivity index (χ1) is 24.4. The van der Waals surface area contributed by atoms with Crippen molar-refractivity contribution in [1.29, 1.82) is 0 Å². The van der Waals surface area contributed by atoms with Crippen LogP contribution in [0.25, 0.3) is 32.6 Å². The molecule has 268 valence electrons. The number of nitrogens with zero attached hydrogens (tertiary/aromatic N) is 5. The summed E-state index contributed by atoms with van der Waals surface area (Å²) in [5, 5.41) is 5.25. The third-order valence-electron chi connectivity index (χ3n) is 8.48. The van der Waals surface area contributed by atoms with Crippen LogP contribution in [0.15, 0.2) is 35.3 Å². The summed E-state index contributed by atoms with van der Waals surface area (Å²) >= 11 is 0. The Kier molecular flexibility index (Phi) is 9.90. The average molecular weight is 705 g/mol. The number of likely N-dealkylation sites (N-methyl/N-ethyl adjacent to an activating group) is 2. The van der Waals surface area contributed by atoms with E-state index in [1.807, 2.05) is 25.1 Å². The lowest BCUT2D eigenvalue weighted by molar-refractivity contribution is -0.197. The predicted octanol–water partition coefficient (Wildman–Crippen LogP) is 1.94. The Bertz CT molecular complexity index is 2130. The highest BCUT2D eigenvalue weighted by Crippen LogP contribution is 2.40. The fourth-order valence-electron chi connectivity index (χ4n) is 5.75. The molecule has 17 heteroatoms. The zero-order valence-electron chi connectivity index (χ0n) is 28.5. The highest BCUT2D eigenvalue weighted by atomic mass is 16.7. The lowest BCUT2D eigenvalue weighted by atomic mass is 10.0. The van der Waals surface area contributed by atoms with Crippen molar-refractivity contribution in [3.05, 3.63) is 40.8 Å². The van der Waals surface area contributed by atoms with E-state index in [1.165, 1.54) is 25.1 Å². The first-order valence-electron chi connectivity index (χ1n) is 16.1. The number of benzene rings is 2. The normalized spacial score (nSPS) is 13.8. The Labute approximate surface area is 290 Å². The fourth-order valence-corrected chi connectivity index (χ4v) is 5.75. The molecule has 51 heavy (non-hydrogen) atoms. The van der Waals surface area contributed by atoms with Gasteiger partial charge in [0.05, 0.1) is 30.0 Å². The minimum Gasteiger partial charge on any atom is -0.493 e. The summed E-state index contributed by atoms with van der Waals surface area (Å²) < 4.78 is 24.1. The first-order valence-corrected chi connectivity index (χ1v) is 16.1. The van der Waals surface area contributed by atoms with E-state index >= 15 is 0 Å². The SMILES string of the molecule is COc1cc2c(cc1OC(=O)N(C)CCNC(=O)CCC(=O)ON1C(=O)CCC1=O)c(=O)n(CCN(C)C)c1c3cc4c(cc3ncc21)OCO4. The minimum atomic E-state index is -0.895. The topological polar surface area (TPSA) is 188 Å². The summed E-state index contributed by atoms with van der Waals surface area (Å²) in [5.74, 6) is -1.26. The van der Waals surface area contributed by atoms with Crippen LogP contribution >= 0.6 is 0 Å². The van der Waals surface area contributed by atoms with Gasteiger partial charge in [0.15, 0.2) is 23.0 Å². The fraction of sp³-hybridized carbons (Fsp3) is 0.382. The molecule has 1 saturated heterocycles. The van der Waals surface area contributed by atoms with Gasteiger partial charge in [-0.1, -0.05) is 0 Å². The van der Waals surface area contributed by atoms with Gasteiger partial charge in [0, 0.05) is 80.9 Å². The number of carbonyl (C=O) groups is 5. The molecule has 2 aliphatic rings. The van der Waals surface area contributed by atoms with Gasteiger partial charge >= 0.3 is 12.1 Å². The Morgan fingerprint density at radius 2 is 1.59 bits per heavy atom. The summed E-state index contributed by atoms with van der Waals surface area (Å²) in [4.78, 5) is 87.3. The lowest BCUT2D eigenvalue weighted by Crippen LogP contribution is -2.38. The van der Waals surface area contributed by atoms with E-state index < -0.39 is 29.8 Å². The van der Waals surface area contributed by atoms with Crippen molar-refractivity contribution in [1.82, 2.24) is 29.7 Å². The first kappa shape index (κ1) is 34.9. The van der Waals surface area contributed by atoms with Gasteiger partial charge in [-0.15, -0.1) is 5.06 Å². The number of imide groups is 1. The highest BCUT2D eigenvalue weighted by molar-refractivity contribution is 6.15. The second-order valence-electron chi connectivity index (χ2n) is 12.2. The number of hydroxylamine groups is 2. The third kappa shape index (κ3) is 7.19. The van der Waals surface area contributed by atoms with Gasteiger partial charge in [-0.25, -0.2) is 9.59 Å². The number of ether oxygens (including phenoxy) is 4. The van der Waals surface area contributed by atoms with Crippen molar-refractivity contribution in [2.24, 2.45) is 0 Å². The van der Waals surface area contributed by atoms with E-state index in [2.05, 4.69) is 10.3 Å². The summed E-state index contributed by atoms with van der Waals surface area (Å²) in [6, 6.07) is 6.72. The molecule has 0 unspecified atom stereocenters. The molecule has 0 spiro atoms. The Balaban J connectivity index is 1.18. The highest BCUT2D eigenvalue weighted by Gasteiger charge is 2.33. The molecule has 0 atom stereocenters. The number of hydrogen-bond acceptors (Lipinski definition) is 13. The maximum Gasteiger partial charge on any atom is 0.415 e. The molecule has 1 fully saturated rings. The number of fused-ring (bicyclic) bond motifs is 6. The second kappa shape index (κ2) is 14.5. The van der Waals surface area contributed by atoms with Crippen LogP contribution in [-0.2, 0) is 30.6 Å². The van der Waals surface area contributed by atoms with Gasteiger partial charge in [0.1, 0.15) is 0 Å². The lowest BCUT2D eigenvalue weighted by Gasteiger charge is -2.20. The molecule has 2 aromatic carbocycles. The molecule has 2 aromatic heterocycles. The van der Waals surface area contributed by atoms with E-state index in [-0.39, 0.29) is 62.6 Å². The number of hydrogen-bond donors (Lipinski definition) is 1. The van der Waals surface area contributed by atoms with E-state index in [4.69, 9.17) is 23.8 Å². The molecule has 0 radical (unpaired) electrons. The Morgan fingerprint density at radius 3 is 2.29 bits per heavy atom. The summed E-state index contributed by atoms with van der Waals surface area (Å²) in [7, 11) is 6.71. The van der Waals surface area contributed by atoms with Crippen LogP contribution in [0.4, 0.5) is 4.79 Å². The molecule has 2 aliphatic heterocycles. The van der Waals surface area contributed by atoms with Gasteiger partial charge in [0.2, 0.25) is 12.7 Å². The van der Waals surface area contributed by atoms with Crippen LogP contribution in [-0.4, -0.2) is 109 Å². The van der Waals surface area contributed by atoms with Gasteiger partial charge in [-0.3, -0.25) is 24.2 Å². The van der Waals surface area contributed by atoms with E-state index in [9.17, 15) is 28.8 Å². The largest absolute Gasteiger partial charge is 0.493 e. The molecule has 0 bridgehead atoms. The third-order valence-corrected chi connectivity index (χ3v) is 8.48. The molecule has 1 N–H and O–H groups in total. The van der Waals surface area contributed by atoms with Crippen molar-refractivity contribution in [3.8, 4) is 23.0 Å². The number of methoxy groups -OCH3 is 1. The molecule has 4 heterocycles. The quantitative estimate of drug-likeness (QED) is 0.167. The van der Waals surface area contributed by atoms with E-state index in [1.54, 1.807) is 22.9 Å². The Hall–Kier alpha value is -5.97. The number of carbonyl (C=O) groups excluding carboxylic acids is 5.